The van der Waals surface area contributed by atoms with Gasteiger partial charge in [-0.15, -0.1) is 0 Å². The Morgan fingerprint density at radius 2 is 2.19 bits per heavy atom. The first-order valence-corrected chi connectivity index (χ1v) is 6.37. The van der Waals surface area contributed by atoms with E-state index < -0.39 is 11.7 Å². The van der Waals surface area contributed by atoms with E-state index in [1.54, 1.807) is 0 Å². The summed E-state index contributed by atoms with van der Waals surface area (Å²) in [4.78, 5) is 23.2. The lowest BCUT2D eigenvalue weighted by Gasteiger charge is -2.04. The predicted molar refractivity (Wildman–Crippen MR) is 75.7 cm³/mol. The molecule has 1 aromatic heterocycles. The quantitative estimate of drug-likeness (QED) is 0.902. The molecule has 0 saturated carbocycles. The van der Waals surface area contributed by atoms with Crippen LogP contribution in [0, 0.1) is 5.82 Å². The standard InChI is InChI=1S/C13H12ClFN4O2/c1-16-12(20)7-19-6-9(5-17-19)18-13(21)10-3-2-8(15)4-11(10)14/h2-6H,7H2,1H3,(H,16,20)(H,18,21). The van der Waals surface area contributed by atoms with Crippen LogP contribution in [0.25, 0.3) is 0 Å². The van der Waals surface area contributed by atoms with E-state index in [0.29, 0.717) is 5.69 Å². The third kappa shape index (κ3) is 3.79. The molecule has 2 amide bonds. The third-order valence-electron chi connectivity index (χ3n) is 2.65. The van der Waals surface area contributed by atoms with Crippen LogP contribution < -0.4 is 10.6 Å². The van der Waals surface area contributed by atoms with E-state index in [0.717, 1.165) is 12.1 Å². The molecule has 0 fully saturated rings. The first-order chi connectivity index (χ1) is 9.99. The average molecular weight is 311 g/mol. The van der Waals surface area contributed by atoms with Crippen molar-refractivity contribution in [2.45, 2.75) is 6.54 Å². The Bertz CT molecular complexity index is 687. The fraction of sp³-hybridized carbons (Fsp3) is 0.154. The van der Waals surface area contributed by atoms with Crippen molar-refractivity contribution in [3.63, 3.8) is 0 Å². The van der Waals surface area contributed by atoms with Crippen molar-refractivity contribution in [3.05, 3.63) is 47.0 Å². The van der Waals surface area contributed by atoms with Gasteiger partial charge in [0.15, 0.2) is 0 Å². The van der Waals surface area contributed by atoms with Gasteiger partial charge in [0, 0.05) is 13.2 Å². The molecule has 0 aliphatic rings. The summed E-state index contributed by atoms with van der Waals surface area (Å²) in [5.41, 5.74) is 0.557. The first kappa shape index (κ1) is 15.0. The average Bonchev–Trinajstić information content (AvgIpc) is 2.85. The molecule has 0 saturated heterocycles. The number of aromatic nitrogens is 2. The van der Waals surface area contributed by atoms with Crippen molar-refractivity contribution < 1.29 is 14.0 Å². The highest BCUT2D eigenvalue weighted by molar-refractivity contribution is 6.34. The van der Waals surface area contributed by atoms with Crippen LogP contribution in [0.15, 0.2) is 30.6 Å². The number of anilines is 1. The minimum atomic E-state index is -0.519. The fourth-order valence-corrected chi connectivity index (χ4v) is 1.87. The third-order valence-corrected chi connectivity index (χ3v) is 2.96. The van der Waals surface area contributed by atoms with Crippen LogP contribution in [0.4, 0.5) is 10.1 Å². The van der Waals surface area contributed by atoms with Gasteiger partial charge in [-0.3, -0.25) is 14.3 Å². The van der Waals surface area contributed by atoms with E-state index in [1.165, 1.54) is 30.2 Å². The minimum absolute atomic E-state index is 0.0188. The molecule has 0 bridgehead atoms. The summed E-state index contributed by atoms with van der Waals surface area (Å²) in [6.07, 6.45) is 2.91. The molecule has 6 nitrogen and oxygen atoms in total. The van der Waals surface area contributed by atoms with Gasteiger partial charge in [-0.2, -0.15) is 5.10 Å². The molecule has 1 heterocycles. The normalized spacial score (nSPS) is 10.2. The van der Waals surface area contributed by atoms with Crippen LogP contribution in [-0.4, -0.2) is 28.6 Å². The van der Waals surface area contributed by atoms with E-state index in [9.17, 15) is 14.0 Å². The number of nitrogens with one attached hydrogen (secondary N) is 2. The van der Waals surface area contributed by atoms with E-state index in [2.05, 4.69) is 15.7 Å². The molecule has 0 aliphatic heterocycles. The number of amides is 2. The SMILES string of the molecule is CNC(=O)Cn1cc(NC(=O)c2ccc(F)cc2Cl)cn1. The van der Waals surface area contributed by atoms with E-state index >= 15 is 0 Å². The molecule has 0 atom stereocenters. The van der Waals surface area contributed by atoms with Gasteiger partial charge in [0.25, 0.3) is 5.91 Å². The van der Waals surface area contributed by atoms with Crippen LogP contribution in [0.5, 0.6) is 0 Å². The Morgan fingerprint density at radius 1 is 1.43 bits per heavy atom. The van der Waals surface area contributed by atoms with Crippen LogP contribution in [0.2, 0.25) is 5.02 Å². The zero-order chi connectivity index (χ0) is 15.4. The Morgan fingerprint density at radius 3 is 2.86 bits per heavy atom. The molecule has 0 radical (unpaired) electrons. The van der Waals surface area contributed by atoms with Crippen molar-refractivity contribution >= 4 is 29.1 Å². The summed E-state index contributed by atoms with van der Waals surface area (Å²) in [5.74, 6) is -1.22. The lowest BCUT2D eigenvalue weighted by atomic mass is 10.2. The molecular weight excluding hydrogens is 299 g/mol. The van der Waals surface area contributed by atoms with Gasteiger partial charge in [-0.25, -0.2) is 4.39 Å². The Balaban J connectivity index is 2.07. The van der Waals surface area contributed by atoms with Crippen LogP contribution in [0.1, 0.15) is 10.4 Å². The monoisotopic (exact) mass is 310 g/mol. The molecule has 2 aromatic rings. The molecule has 1 aromatic carbocycles. The Hall–Kier alpha value is -2.41. The summed E-state index contributed by atoms with van der Waals surface area (Å²) in [5, 5.41) is 8.99. The van der Waals surface area contributed by atoms with Gasteiger partial charge in [0.05, 0.1) is 22.5 Å². The molecule has 110 valence electrons. The second-order valence-electron chi connectivity index (χ2n) is 4.18. The zero-order valence-electron chi connectivity index (χ0n) is 11.1. The smallest absolute Gasteiger partial charge is 0.257 e. The zero-order valence-corrected chi connectivity index (χ0v) is 11.8. The lowest BCUT2D eigenvalue weighted by molar-refractivity contribution is -0.121. The van der Waals surface area contributed by atoms with E-state index in [1.807, 2.05) is 0 Å². The Kier molecular flexibility index (Phi) is 4.54. The molecule has 2 rings (SSSR count). The van der Waals surface area contributed by atoms with E-state index in [-0.39, 0.29) is 23.0 Å². The molecule has 21 heavy (non-hydrogen) atoms. The molecule has 0 aliphatic carbocycles. The molecule has 8 heteroatoms. The first-order valence-electron chi connectivity index (χ1n) is 5.99. The van der Waals surface area contributed by atoms with Gasteiger partial charge < -0.3 is 10.6 Å². The molecule has 2 N–H and O–H groups in total. The summed E-state index contributed by atoms with van der Waals surface area (Å²) >= 11 is 5.81. The van der Waals surface area contributed by atoms with Crippen LogP contribution in [0.3, 0.4) is 0 Å². The number of rotatable bonds is 4. The van der Waals surface area contributed by atoms with Gasteiger partial charge in [0.1, 0.15) is 12.4 Å². The summed E-state index contributed by atoms with van der Waals surface area (Å²) < 4.78 is 14.3. The second kappa shape index (κ2) is 6.36. The van der Waals surface area contributed by atoms with Crippen molar-refractivity contribution in [2.75, 3.05) is 12.4 Å². The highest BCUT2D eigenvalue weighted by Gasteiger charge is 2.12. The fourth-order valence-electron chi connectivity index (χ4n) is 1.61. The van der Waals surface area contributed by atoms with Crippen molar-refractivity contribution in [1.82, 2.24) is 15.1 Å². The van der Waals surface area contributed by atoms with Crippen molar-refractivity contribution in [1.29, 1.82) is 0 Å². The maximum atomic E-state index is 12.9. The summed E-state index contributed by atoms with van der Waals surface area (Å²) in [7, 11) is 1.52. The summed E-state index contributed by atoms with van der Waals surface area (Å²) in [6, 6.07) is 3.50. The number of carbonyl (C=O) groups excluding carboxylic acids is 2. The molecule has 0 spiro atoms. The van der Waals surface area contributed by atoms with Gasteiger partial charge >= 0.3 is 0 Å². The van der Waals surface area contributed by atoms with Crippen LogP contribution >= 0.6 is 11.6 Å². The topological polar surface area (TPSA) is 76.0 Å². The molecule has 0 unspecified atom stereocenters. The Labute approximate surface area is 124 Å². The lowest BCUT2D eigenvalue weighted by Crippen LogP contribution is -2.23. The highest BCUT2D eigenvalue weighted by Crippen LogP contribution is 2.18. The number of carbonyl (C=O) groups is 2. The number of benzene rings is 1. The van der Waals surface area contributed by atoms with Crippen molar-refractivity contribution in [3.8, 4) is 0 Å². The van der Waals surface area contributed by atoms with Gasteiger partial charge in [-0.05, 0) is 18.2 Å². The van der Waals surface area contributed by atoms with Gasteiger partial charge in [0.2, 0.25) is 5.91 Å². The number of halogens is 2. The number of hydrogen-bond donors (Lipinski definition) is 2. The number of likely N-dealkylation sites (N-methyl/N-ethyl adjacent to an activating group) is 1. The number of nitrogens with zero attached hydrogens (tertiary/aromatic N) is 2. The molecular formula is C13H12ClFN4O2. The maximum Gasteiger partial charge on any atom is 0.257 e. The van der Waals surface area contributed by atoms with Crippen molar-refractivity contribution in [2.24, 2.45) is 0 Å². The largest absolute Gasteiger partial charge is 0.358 e. The van der Waals surface area contributed by atoms with E-state index in [4.69, 9.17) is 11.6 Å². The highest BCUT2D eigenvalue weighted by atomic mass is 35.5. The second-order valence-corrected chi connectivity index (χ2v) is 4.59. The van der Waals surface area contributed by atoms with Gasteiger partial charge in [-0.1, -0.05) is 11.6 Å². The predicted octanol–water partition coefficient (Wildman–Crippen LogP) is 1.67. The minimum Gasteiger partial charge on any atom is -0.358 e. The number of hydrogen-bond acceptors (Lipinski definition) is 3. The maximum absolute atomic E-state index is 12.9. The van der Waals surface area contributed by atoms with Crippen LogP contribution in [-0.2, 0) is 11.3 Å². The summed E-state index contributed by atoms with van der Waals surface area (Å²) in [6.45, 7) is 0.0453.